The van der Waals surface area contributed by atoms with Crippen molar-refractivity contribution in [2.24, 2.45) is 0 Å². The first kappa shape index (κ1) is 12.5. The van der Waals surface area contributed by atoms with Gasteiger partial charge in [-0.25, -0.2) is 0 Å². The van der Waals surface area contributed by atoms with E-state index in [0.717, 1.165) is 19.1 Å². The van der Waals surface area contributed by atoms with E-state index in [2.05, 4.69) is 0 Å². The number of hydrogen-bond acceptors (Lipinski definition) is 2. The minimum absolute atomic E-state index is 0.243. The summed E-state index contributed by atoms with van der Waals surface area (Å²) in [6.45, 7) is 1.11. The summed E-state index contributed by atoms with van der Waals surface area (Å²) in [7, 11) is 0. The Morgan fingerprint density at radius 3 is 2.38 bits per heavy atom. The molecule has 0 aliphatic rings. The highest BCUT2D eigenvalue weighted by Crippen LogP contribution is 2.35. The highest BCUT2D eigenvalue weighted by molar-refractivity contribution is 6.67. The quantitative estimate of drug-likeness (QED) is 0.715. The fraction of sp³-hybridized carbons (Fsp3) is 0.200. The minimum Gasteiger partial charge on any atom is -0.276 e. The van der Waals surface area contributed by atoms with Crippen molar-refractivity contribution < 1.29 is 18.0 Å². The van der Waals surface area contributed by atoms with Crippen LogP contribution in [0.5, 0.6) is 0 Å². The maximum atomic E-state index is 12.6. The van der Waals surface area contributed by atoms with Crippen LogP contribution in [0.15, 0.2) is 12.1 Å². The van der Waals surface area contributed by atoms with Gasteiger partial charge >= 0.3 is 6.18 Å². The van der Waals surface area contributed by atoms with Crippen LogP contribution < -0.4 is 0 Å². The molecule has 0 aliphatic carbocycles. The zero-order valence-corrected chi connectivity index (χ0v) is 8.78. The van der Waals surface area contributed by atoms with Gasteiger partial charge in [-0.3, -0.25) is 4.79 Å². The highest BCUT2D eigenvalue weighted by atomic mass is 35.5. The van der Waals surface area contributed by atoms with Gasteiger partial charge in [0.1, 0.15) is 0 Å². The molecule has 0 heterocycles. The van der Waals surface area contributed by atoms with Crippen LogP contribution in [0.25, 0.3) is 0 Å². The molecule has 0 fully saturated rings. The number of benzene rings is 1. The first-order valence-electron chi connectivity index (χ1n) is 4.09. The summed E-state index contributed by atoms with van der Waals surface area (Å²) in [6, 6.07) is 3.48. The molecule has 1 aromatic carbocycles. The van der Waals surface area contributed by atoms with Gasteiger partial charge in [0.15, 0.2) is 0 Å². The van der Waals surface area contributed by atoms with Crippen molar-refractivity contribution in [3.8, 4) is 6.07 Å². The van der Waals surface area contributed by atoms with E-state index in [4.69, 9.17) is 16.9 Å². The van der Waals surface area contributed by atoms with Gasteiger partial charge in [-0.2, -0.15) is 18.4 Å². The summed E-state index contributed by atoms with van der Waals surface area (Å²) in [4.78, 5) is 10.9. The van der Waals surface area contributed by atoms with Crippen LogP contribution in [-0.2, 0) is 6.18 Å². The SMILES string of the molecule is Cc1c(C(=O)Cl)ccc(C#N)c1C(F)(F)F. The molecular formula is C10H5ClF3NO. The van der Waals surface area contributed by atoms with Gasteiger partial charge in [-0.15, -0.1) is 0 Å². The largest absolute Gasteiger partial charge is 0.417 e. The number of halogens is 4. The molecule has 0 spiro atoms. The number of hydrogen-bond donors (Lipinski definition) is 0. The van der Waals surface area contributed by atoms with Gasteiger partial charge in [-0.05, 0) is 36.2 Å². The number of rotatable bonds is 1. The third-order valence-electron chi connectivity index (χ3n) is 2.08. The first-order chi connectivity index (χ1) is 7.29. The molecule has 84 valence electrons. The van der Waals surface area contributed by atoms with Crippen LogP contribution in [0, 0.1) is 18.3 Å². The van der Waals surface area contributed by atoms with E-state index in [-0.39, 0.29) is 11.1 Å². The van der Waals surface area contributed by atoms with Crippen LogP contribution in [0.4, 0.5) is 13.2 Å². The topological polar surface area (TPSA) is 40.9 Å². The third kappa shape index (κ3) is 2.17. The molecule has 0 radical (unpaired) electrons. The number of nitriles is 1. The number of carbonyl (C=O) groups excluding carboxylic acids is 1. The normalized spacial score (nSPS) is 11.0. The molecule has 6 heteroatoms. The number of nitrogens with zero attached hydrogens (tertiary/aromatic N) is 1. The summed E-state index contributed by atoms with van der Waals surface area (Å²) in [6.07, 6.45) is -4.68. The summed E-state index contributed by atoms with van der Waals surface area (Å²) in [5, 5.41) is 7.59. The predicted octanol–water partition coefficient (Wildman–Crippen LogP) is 3.26. The molecule has 16 heavy (non-hydrogen) atoms. The van der Waals surface area contributed by atoms with Crippen molar-refractivity contribution in [1.82, 2.24) is 0 Å². The van der Waals surface area contributed by atoms with Crippen LogP contribution in [-0.4, -0.2) is 5.24 Å². The van der Waals surface area contributed by atoms with E-state index in [1.165, 1.54) is 6.07 Å². The molecule has 1 aromatic rings. The molecule has 0 atom stereocenters. The number of carbonyl (C=O) groups is 1. The molecule has 0 aromatic heterocycles. The molecule has 0 saturated carbocycles. The zero-order chi connectivity index (χ0) is 12.5. The monoisotopic (exact) mass is 247 g/mol. The zero-order valence-electron chi connectivity index (χ0n) is 8.02. The van der Waals surface area contributed by atoms with Crippen molar-refractivity contribution in [3.63, 3.8) is 0 Å². The molecule has 0 saturated heterocycles. The van der Waals surface area contributed by atoms with Gasteiger partial charge in [-0.1, -0.05) is 0 Å². The Kier molecular flexibility index (Phi) is 3.24. The third-order valence-corrected chi connectivity index (χ3v) is 2.28. The van der Waals surface area contributed by atoms with Crippen molar-refractivity contribution in [2.45, 2.75) is 13.1 Å². The van der Waals surface area contributed by atoms with E-state index in [1.807, 2.05) is 0 Å². The highest BCUT2D eigenvalue weighted by Gasteiger charge is 2.36. The lowest BCUT2D eigenvalue weighted by atomic mass is 9.97. The average molecular weight is 248 g/mol. The lowest BCUT2D eigenvalue weighted by Crippen LogP contribution is -2.12. The Hall–Kier alpha value is -1.54. The Morgan fingerprint density at radius 1 is 1.44 bits per heavy atom. The second-order valence-electron chi connectivity index (χ2n) is 3.04. The summed E-state index contributed by atoms with van der Waals surface area (Å²) in [5.41, 5.74) is -2.20. The standard InChI is InChI=1S/C10H5ClF3NO/c1-5-7(9(11)16)3-2-6(4-15)8(5)10(12,13)14/h2-3H,1H3. The maximum Gasteiger partial charge on any atom is 0.417 e. The lowest BCUT2D eigenvalue weighted by molar-refractivity contribution is -0.138. The van der Waals surface area contributed by atoms with E-state index >= 15 is 0 Å². The van der Waals surface area contributed by atoms with Crippen LogP contribution >= 0.6 is 11.6 Å². The second-order valence-corrected chi connectivity index (χ2v) is 3.39. The van der Waals surface area contributed by atoms with E-state index in [1.54, 1.807) is 0 Å². The molecule has 0 unspecified atom stereocenters. The van der Waals surface area contributed by atoms with E-state index in [0.29, 0.717) is 0 Å². The Balaban J connectivity index is 3.62. The fourth-order valence-corrected chi connectivity index (χ4v) is 1.59. The van der Waals surface area contributed by atoms with Crippen molar-refractivity contribution >= 4 is 16.8 Å². The Labute approximate surface area is 94.2 Å². The van der Waals surface area contributed by atoms with E-state index in [9.17, 15) is 18.0 Å². The van der Waals surface area contributed by atoms with Gasteiger partial charge < -0.3 is 0 Å². The Bertz CT molecular complexity index is 488. The minimum atomic E-state index is -4.68. The lowest BCUT2D eigenvalue weighted by Gasteiger charge is -2.13. The molecule has 0 N–H and O–H groups in total. The summed E-state index contributed by atoms with van der Waals surface area (Å²) < 4.78 is 37.9. The fourth-order valence-electron chi connectivity index (χ4n) is 1.38. The van der Waals surface area contributed by atoms with Gasteiger partial charge in [0.05, 0.1) is 17.2 Å². The maximum absolute atomic E-state index is 12.6. The van der Waals surface area contributed by atoms with Crippen molar-refractivity contribution in [3.05, 3.63) is 34.4 Å². The molecule has 0 bridgehead atoms. The molecule has 0 amide bonds. The van der Waals surface area contributed by atoms with Gasteiger partial charge in [0, 0.05) is 5.56 Å². The molecule has 2 nitrogen and oxygen atoms in total. The summed E-state index contributed by atoms with van der Waals surface area (Å²) in [5.74, 6) is 0. The molecule has 1 rings (SSSR count). The summed E-state index contributed by atoms with van der Waals surface area (Å²) >= 11 is 5.14. The van der Waals surface area contributed by atoms with E-state index < -0.39 is 22.5 Å². The smallest absolute Gasteiger partial charge is 0.276 e. The Morgan fingerprint density at radius 2 is 2.00 bits per heavy atom. The van der Waals surface area contributed by atoms with Crippen LogP contribution in [0.3, 0.4) is 0 Å². The molecular weight excluding hydrogens is 243 g/mol. The number of alkyl halides is 3. The molecule has 0 aliphatic heterocycles. The average Bonchev–Trinajstić information content (AvgIpc) is 2.14. The van der Waals surface area contributed by atoms with Gasteiger partial charge in [0.2, 0.25) is 0 Å². The van der Waals surface area contributed by atoms with Crippen molar-refractivity contribution in [1.29, 1.82) is 5.26 Å². The predicted molar refractivity (Wildman–Crippen MR) is 51.1 cm³/mol. The van der Waals surface area contributed by atoms with Gasteiger partial charge in [0.25, 0.3) is 5.24 Å². The first-order valence-corrected chi connectivity index (χ1v) is 4.47. The second kappa shape index (κ2) is 4.14. The van der Waals surface area contributed by atoms with Crippen LogP contribution in [0.2, 0.25) is 0 Å². The van der Waals surface area contributed by atoms with Crippen molar-refractivity contribution in [2.75, 3.05) is 0 Å². The van der Waals surface area contributed by atoms with Crippen LogP contribution in [0.1, 0.15) is 27.0 Å².